The van der Waals surface area contributed by atoms with Crippen LogP contribution in [0.4, 0.5) is 0 Å². The number of hydrogen-bond donors (Lipinski definition) is 1. The van der Waals surface area contributed by atoms with Crippen LogP contribution in [0.5, 0.6) is 0 Å². The van der Waals surface area contributed by atoms with Crippen molar-refractivity contribution < 1.29 is 23.7 Å². The summed E-state index contributed by atoms with van der Waals surface area (Å²) in [6, 6.07) is 0. The fraction of sp³-hybridized carbons (Fsp3) is 0.700. The lowest BCUT2D eigenvalue weighted by atomic mass is 9.90. The summed E-state index contributed by atoms with van der Waals surface area (Å²) in [6.45, 7) is 2.18. The second-order valence-corrected chi connectivity index (χ2v) is 7.62. The van der Waals surface area contributed by atoms with Crippen LogP contribution in [0.2, 0.25) is 0 Å². The Morgan fingerprint density at radius 2 is 2.07 bits per heavy atom. The summed E-state index contributed by atoms with van der Waals surface area (Å²) in [5.74, 6) is -0.609. The highest BCUT2D eigenvalue weighted by molar-refractivity contribution is 7.10. The third-order valence-electron chi connectivity index (χ3n) is 5.02. The molecule has 7 heteroatoms. The minimum atomic E-state index is -0.773. The van der Waals surface area contributed by atoms with Crippen molar-refractivity contribution in [1.82, 2.24) is 0 Å². The number of allylic oxidation sites excluding steroid dienone is 2. The molecule has 0 radical (unpaired) electrons. The van der Waals surface area contributed by atoms with Crippen LogP contribution in [-0.4, -0.2) is 29.1 Å². The Morgan fingerprint density at radius 1 is 1.30 bits per heavy atom. The van der Waals surface area contributed by atoms with Gasteiger partial charge in [-0.2, -0.15) is 0 Å². The van der Waals surface area contributed by atoms with E-state index in [1.54, 1.807) is 0 Å². The maximum Gasteiger partial charge on any atom is 0.303 e. The number of unbranched alkanes of at least 4 members (excludes halogenated alkanes) is 3. The van der Waals surface area contributed by atoms with Gasteiger partial charge in [0.05, 0.1) is 12.2 Å². The molecule has 0 aromatic rings. The monoisotopic (exact) mass is 416 g/mol. The van der Waals surface area contributed by atoms with E-state index < -0.39 is 5.97 Å². The van der Waals surface area contributed by atoms with Crippen molar-refractivity contribution in [3.8, 4) is 0 Å². The van der Waals surface area contributed by atoms with E-state index in [2.05, 4.69) is 38.0 Å². The molecule has 5 nitrogen and oxygen atoms in total. The summed E-state index contributed by atoms with van der Waals surface area (Å²) < 4.78 is 10.9. The molecule has 0 amide bonds. The Balaban J connectivity index is 2.62. The van der Waals surface area contributed by atoms with Gasteiger partial charge in [-0.25, -0.2) is 0 Å². The molecule has 1 saturated carbocycles. The first-order valence-corrected chi connectivity index (χ1v) is 10.8. The SMILES string of the molecule is CCCCCC(/C=C/C1C(OP)CC(=O)C1C/C=C/CCCC(=O)O)OP. The zero-order valence-electron chi connectivity index (χ0n) is 16.2. The van der Waals surface area contributed by atoms with Crippen molar-refractivity contribution in [2.24, 2.45) is 11.8 Å². The topological polar surface area (TPSA) is 72.8 Å². The molecular weight excluding hydrogens is 382 g/mol. The minimum absolute atomic E-state index is 0.0347. The predicted molar refractivity (Wildman–Crippen MR) is 114 cm³/mol. The number of aliphatic carboxylic acids is 1. The van der Waals surface area contributed by atoms with Crippen molar-refractivity contribution >= 4 is 30.7 Å². The van der Waals surface area contributed by atoms with E-state index in [1.165, 1.54) is 12.8 Å². The molecule has 1 aliphatic rings. The molecule has 6 atom stereocenters. The van der Waals surface area contributed by atoms with Crippen LogP contribution in [0.15, 0.2) is 24.3 Å². The summed E-state index contributed by atoms with van der Waals surface area (Å²) in [7, 11) is 4.62. The van der Waals surface area contributed by atoms with Crippen LogP contribution in [0.1, 0.15) is 64.7 Å². The van der Waals surface area contributed by atoms with Crippen LogP contribution in [-0.2, 0) is 18.6 Å². The fourth-order valence-electron chi connectivity index (χ4n) is 3.43. The van der Waals surface area contributed by atoms with Crippen LogP contribution in [0.3, 0.4) is 0 Å². The van der Waals surface area contributed by atoms with Gasteiger partial charge >= 0.3 is 5.97 Å². The molecule has 6 unspecified atom stereocenters. The third-order valence-corrected chi connectivity index (χ3v) is 5.72. The zero-order chi connectivity index (χ0) is 20.1. The maximum atomic E-state index is 12.4. The van der Waals surface area contributed by atoms with Gasteiger partial charge in [0.15, 0.2) is 0 Å². The molecule has 1 N–H and O–H groups in total. The first kappa shape index (κ1) is 24.4. The van der Waals surface area contributed by atoms with Gasteiger partial charge in [0.25, 0.3) is 0 Å². The Bertz CT molecular complexity index is 507. The molecule has 0 aliphatic heterocycles. The summed E-state index contributed by atoms with van der Waals surface area (Å²) >= 11 is 0. The number of carboxylic acids is 1. The Labute approximate surface area is 167 Å². The Kier molecular flexibility index (Phi) is 13.0. The zero-order valence-corrected chi connectivity index (χ0v) is 18.5. The van der Waals surface area contributed by atoms with Gasteiger partial charge < -0.3 is 14.2 Å². The van der Waals surface area contributed by atoms with Crippen LogP contribution >= 0.6 is 18.9 Å². The van der Waals surface area contributed by atoms with E-state index in [-0.39, 0.29) is 36.2 Å². The molecule has 0 heterocycles. The lowest BCUT2D eigenvalue weighted by molar-refractivity contribution is -0.137. The van der Waals surface area contributed by atoms with Crippen molar-refractivity contribution in [1.29, 1.82) is 0 Å². The van der Waals surface area contributed by atoms with Gasteiger partial charge in [-0.15, -0.1) is 0 Å². The molecule has 154 valence electrons. The van der Waals surface area contributed by atoms with Crippen molar-refractivity contribution in [3.63, 3.8) is 0 Å². The highest BCUT2D eigenvalue weighted by Crippen LogP contribution is 2.36. The molecule has 1 aliphatic carbocycles. The molecule has 27 heavy (non-hydrogen) atoms. The Morgan fingerprint density at radius 3 is 2.70 bits per heavy atom. The lowest BCUT2D eigenvalue weighted by Gasteiger charge is -2.19. The first-order chi connectivity index (χ1) is 13.0. The smallest absolute Gasteiger partial charge is 0.303 e. The highest BCUT2D eigenvalue weighted by Gasteiger charge is 2.40. The second kappa shape index (κ2) is 14.4. The predicted octanol–water partition coefficient (Wildman–Crippen LogP) is 4.88. The molecular formula is C20H34O5P2. The molecule has 0 aromatic carbocycles. The van der Waals surface area contributed by atoms with E-state index >= 15 is 0 Å². The third kappa shape index (κ3) is 9.43. The van der Waals surface area contributed by atoms with E-state index in [0.29, 0.717) is 19.3 Å². The van der Waals surface area contributed by atoms with Gasteiger partial charge in [0.1, 0.15) is 5.78 Å². The van der Waals surface area contributed by atoms with Gasteiger partial charge in [-0.1, -0.05) is 50.5 Å². The van der Waals surface area contributed by atoms with Crippen molar-refractivity contribution in [3.05, 3.63) is 24.3 Å². The van der Waals surface area contributed by atoms with Crippen LogP contribution in [0.25, 0.3) is 0 Å². The number of rotatable bonds is 14. The van der Waals surface area contributed by atoms with Gasteiger partial charge in [0.2, 0.25) is 0 Å². The number of ketones is 1. The fourth-order valence-corrected chi connectivity index (χ4v) is 3.94. The summed E-state index contributed by atoms with van der Waals surface area (Å²) in [5, 5.41) is 8.66. The van der Waals surface area contributed by atoms with Gasteiger partial charge in [-0.3, -0.25) is 9.59 Å². The molecule has 0 bridgehead atoms. The van der Waals surface area contributed by atoms with E-state index in [9.17, 15) is 9.59 Å². The number of hydrogen-bond acceptors (Lipinski definition) is 4. The molecule has 0 spiro atoms. The van der Waals surface area contributed by atoms with Crippen LogP contribution < -0.4 is 0 Å². The number of carbonyl (C=O) groups is 2. The number of Topliss-reactive ketones (excluding diaryl/α,β-unsaturated/α-hetero) is 1. The molecule has 1 rings (SSSR count). The largest absolute Gasteiger partial charge is 0.481 e. The summed E-state index contributed by atoms with van der Waals surface area (Å²) in [4.78, 5) is 22.9. The lowest BCUT2D eigenvalue weighted by Crippen LogP contribution is -2.19. The van der Waals surface area contributed by atoms with E-state index in [0.717, 1.165) is 19.3 Å². The average molecular weight is 416 g/mol. The summed E-state index contributed by atoms with van der Waals surface area (Å²) in [6.07, 6.45) is 15.1. The normalized spacial score (nSPS) is 24.3. The van der Waals surface area contributed by atoms with E-state index in [4.69, 9.17) is 14.2 Å². The van der Waals surface area contributed by atoms with Gasteiger partial charge in [-0.05, 0) is 25.7 Å². The van der Waals surface area contributed by atoms with Crippen molar-refractivity contribution in [2.75, 3.05) is 0 Å². The molecule has 0 saturated heterocycles. The van der Waals surface area contributed by atoms with E-state index in [1.807, 2.05) is 12.2 Å². The molecule has 0 aromatic heterocycles. The second-order valence-electron chi connectivity index (χ2n) is 7.08. The minimum Gasteiger partial charge on any atom is -0.481 e. The standard InChI is InChI=1S/C20H34O5P2/c1-2-3-6-9-15(24-26)12-13-17-16(18(21)14-19(17)25-27)10-7-4-5-8-11-20(22)23/h4,7,12-13,15-17,19H,2-3,5-6,8-11,14,26-27H2,1H3,(H,22,23)/b7-4+,13-12+. The quantitative estimate of drug-likeness (QED) is 0.248. The number of carboxylic acid groups (broad SMARTS) is 1. The first-order valence-electron chi connectivity index (χ1n) is 9.82. The average Bonchev–Trinajstić information content (AvgIpc) is 2.95. The molecule has 1 fully saturated rings. The van der Waals surface area contributed by atoms with Gasteiger partial charge in [0, 0.05) is 43.6 Å². The Hall–Kier alpha value is -0.600. The van der Waals surface area contributed by atoms with Crippen LogP contribution in [0, 0.1) is 11.8 Å². The summed E-state index contributed by atoms with van der Waals surface area (Å²) in [5.41, 5.74) is 0. The van der Waals surface area contributed by atoms with Crippen molar-refractivity contribution in [2.45, 2.75) is 76.9 Å². The maximum absolute atomic E-state index is 12.4. The highest BCUT2D eigenvalue weighted by atomic mass is 31.0. The number of carbonyl (C=O) groups excluding carboxylic acids is 1.